The zero-order valence-corrected chi connectivity index (χ0v) is 36.8. The van der Waals surface area contributed by atoms with E-state index in [2.05, 4.69) is 31.0 Å². The van der Waals surface area contributed by atoms with Gasteiger partial charge in [-0.05, 0) is 64.0 Å². The van der Waals surface area contributed by atoms with Crippen LogP contribution in [0.5, 0.6) is 0 Å². The van der Waals surface area contributed by atoms with Gasteiger partial charge in [-0.25, -0.2) is 4.79 Å². The minimum Gasteiger partial charge on any atom is -0.480 e. The maximum Gasteiger partial charge on any atom is 0.326 e. The molecule has 3 amide bonds. The highest BCUT2D eigenvalue weighted by Crippen LogP contribution is 2.31. The molecule has 1 aromatic rings. The van der Waals surface area contributed by atoms with Crippen molar-refractivity contribution in [2.75, 3.05) is 34.9 Å². The highest BCUT2D eigenvalue weighted by Gasteiger charge is 2.43. The molecule has 12 nitrogen and oxygen atoms in total. The molecule has 0 aliphatic carbocycles. The fourth-order valence-corrected chi connectivity index (χ4v) is 8.37. The predicted octanol–water partition coefficient (Wildman–Crippen LogP) is 5.62. The number of benzene rings is 1. The number of ether oxygens (including phenoxy) is 2. The summed E-state index contributed by atoms with van der Waals surface area (Å²) in [6.45, 7) is 20.4. The molecule has 2 unspecified atom stereocenters. The van der Waals surface area contributed by atoms with E-state index in [9.17, 15) is 29.1 Å². The van der Waals surface area contributed by atoms with Crippen molar-refractivity contribution < 1.29 is 38.6 Å². The number of nitrogens with one attached hydrogen (secondary N) is 1. The number of aliphatic carboxylic acids is 1. The van der Waals surface area contributed by atoms with Crippen LogP contribution >= 0.6 is 0 Å². The molecular formula is C44H74N4O8. The number of likely N-dealkylation sites (N-methyl/N-ethyl adjacent to an activating group) is 2. The molecule has 1 saturated heterocycles. The molecule has 1 aromatic carbocycles. The number of carbonyl (C=O) groups excluding carboxylic acids is 4. The minimum atomic E-state index is -1.13. The van der Waals surface area contributed by atoms with E-state index in [0.717, 1.165) is 17.5 Å². The van der Waals surface area contributed by atoms with Gasteiger partial charge >= 0.3 is 5.97 Å². The maximum absolute atomic E-state index is 14.4. The van der Waals surface area contributed by atoms with Crippen molar-refractivity contribution in [2.24, 2.45) is 29.6 Å². The molecular weight excluding hydrogens is 713 g/mol. The Bertz CT molecular complexity index is 1430. The monoisotopic (exact) mass is 787 g/mol. The number of ketones is 1. The first-order chi connectivity index (χ1) is 26.2. The van der Waals surface area contributed by atoms with Gasteiger partial charge in [-0.15, -0.1) is 0 Å². The quantitative estimate of drug-likeness (QED) is 0.144. The van der Waals surface area contributed by atoms with E-state index >= 15 is 0 Å². The third-order valence-electron chi connectivity index (χ3n) is 12.2. The van der Waals surface area contributed by atoms with Crippen LogP contribution in [-0.2, 0) is 39.9 Å². The van der Waals surface area contributed by atoms with Gasteiger partial charge < -0.3 is 29.7 Å². The third-order valence-corrected chi connectivity index (χ3v) is 12.2. The highest BCUT2D eigenvalue weighted by molar-refractivity contribution is 5.90. The minimum absolute atomic E-state index is 0.00809. The smallest absolute Gasteiger partial charge is 0.326 e. The lowest BCUT2D eigenvalue weighted by Gasteiger charge is -2.41. The Morgan fingerprint density at radius 2 is 1.52 bits per heavy atom. The van der Waals surface area contributed by atoms with Gasteiger partial charge in [-0.1, -0.05) is 84.7 Å². The molecule has 1 aliphatic rings. The Morgan fingerprint density at radius 1 is 0.911 bits per heavy atom. The van der Waals surface area contributed by atoms with Gasteiger partial charge in [0.25, 0.3) is 0 Å². The van der Waals surface area contributed by atoms with Crippen molar-refractivity contribution in [3.8, 4) is 0 Å². The van der Waals surface area contributed by atoms with Crippen LogP contribution in [0.25, 0.3) is 0 Å². The fraction of sp³-hybridized carbons (Fsp3) is 0.750. The molecule has 56 heavy (non-hydrogen) atoms. The summed E-state index contributed by atoms with van der Waals surface area (Å²) in [5.41, 5.74) is 1.85. The largest absolute Gasteiger partial charge is 0.480 e. The van der Waals surface area contributed by atoms with Crippen LogP contribution in [0.1, 0.15) is 106 Å². The Morgan fingerprint density at radius 3 is 2.00 bits per heavy atom. The van der Waals surface area contributed by atoms with Gasteiger partial charge in [0, 0.05) is 52.6 Å². The summed E-state index contributed by atoms with van der Waals surface area (Å²) >= 11 is 0. The number of hydrogen-bond acceptors (Lipinski definition) is 8. The lowest BCUT2D eigenvalue weighted by Crippen LogP contribution is -2.55. The van der Waals surface area contributed by atoms with Crippen molar-refractivity contribution in [1.82, 2.24) is 20.0 Å². The molecule has 0 spiro atoms. The van der Waals surface area contributed by atoms with Crippen LogP contribution in [0, 0.1) is 36.5 Å². The van der Waals surface area contributed by atoms with E-state index in [1.54, 1.807) is 30.9 Å². The first kappa shape index (κ1) is 48.8. The molecule has 0 radical (unpaired) electrons. The Labute approximate surface area is 337 Å². The van der Waals surface area contributed by atoms with Crippen molar-refractivity contribution in [2.45, 2.75) is 150 Å². The number of aryl methyl sites for hydroxylation is 1. The first-order valence-electron chi connectivity index (χ1n) is 20.7. The van der Waals surface area contributed by atoms with Gasteiger partial charge in [0.2, 0.25) is 17.7 Å². The standard InChI is InChI=1S/C44H74N4O8/c1-15-30(9)40(47(12)43(52)33(26(2)3)24-36(49)39(27(4)5)46(11)28(6)7)37(55-13)25-38(50)48-22-16-17-35(48)41(56-14)31(10)42(51)45-34(44(53)54)23-32-20-18-29(8)19-21-32/h18-21,26-28,30-31,33-35,37,39-41H,15-17,22-25H2,1-14H3,(H,45,51)(H,53,54)/t30?,31-,33+,34?,35+,37-,39+,40+,41-/m1/s1. The SMILES string of the molecule is CCC(C)[C@@H]([C@@H](CC(=O)N1CCC[C@H]1[C@H](OC)[C@@H](C)C(=O)NC(Cc1ccc(C)cc1)C(=O)O)OC)N(C)C(=O)[C@@H](CC(=O)[C@H](C(C)C)N(C)C(C)C)C(C)C. The van der Waals surface area contributed by atoms with Gasteiger partial charge in [0.05, 0.1) is 42.7 Å². The van der Waals surface area contributed by atoms with Gasteiger partial charge in [0.15, 0.2) is 5.78 Å². The average Bonchev–Trinajstić information content (AvgIpc) is 3.63. The second-order valence-electron chi connectivity index (χ2n) is 17.1. The zero-order valence-electron chi connectivity index (χ0n) is 36.8. The first-order valence-corrected chi connectivity index (χ1v) is 20.7. The summed E-state index contributed by atoms with van der Waals surface area (Å²) in [7, 11) is 6.79. The second-order valence-corrected chi connectivity index (χ2v) is 17.1. The number of likely N-dealkylation sites (tertiary alicyclic amines) is 1. The van der Waals surface area contributed by atoms with Gasteiger partial charge in [-0.2, -0.15) is 0 Å². The van der Waals surface area contributed by atoms with Crippen LogP contribution in [0.4, 0.5) is 0 Å². The van der Waals surface area contributed by atoms with Gasteiger partial charge in [-0.3, -0.25) is 24.1 Å². The van der Waals surface area contributed by atoms with Crippen molar-refractivity contribution in [3.05, 3.63) is 35.4 Å². The van der Waals surface area contributed by atoms with Gasteiger partial charge in [0.1, 0.15) is 6.04 Å². The maximum atomic E-state index is 14.4. The van der Waals surface area contributed by atoms with Crippen molar-refractivity contribution in [1.29, 1.82) is 0 Å². The molecule has 2 rings (SSSR count). The molecule has 0 bridgehead atoms. The fourth-order valence-electron chi connectivity index (χ4n) is 8.37. The molecule has 1 fully saturated rings. The van der Waals surface area contributed by atoms with E-state index in [1.807, 2.05) is 72.9 Å². The molecule has 2 N–H and O–H groups in total. The van der Waals surface area contributed by atoms with E-state index in [1.165, 1.54) is 7.11 Å². The number of amides is 3. The molecule has 0 aromatic heterocycles. The Kier molecular flexibility index (Phi) is 19.7. The number of rotatable bonds is 23. The van der Waals surface area contributed by atoms with Crippen molar-refractivity contribution in [3.63, 3.8) is 0 Å². The van der Waals surface area contributed by atoms with Crippen molar-refractivity contribution >= 4 is 29.5 Å². The zero-order chi connectivity index (χ0) is 42.6. The molecule has 0 saturated carbocycles. The normalized spacial score (nSPS) is 19.0. The molecule has 9 atom stereocenters. The topological polar surface area (TPSA) is 146 Å². The lowest BCUT2D eigenvalue weighted by atomic mass is 9.83. The number of Topliss-reactive ketones (excluding diaryl/α,β-unsaturated/α-hetero) is 1. The third kappa shape index (κ3) is 12.8. The van der Waals surface area contributed by atoms with E-state index in [0.29, 0.717) is 19.4 Å². The summed E-state index contributed by atoms with van der Waals surface area (Å²) in [6.07, 6.45) is 1.03. The molecule has 1 heterocycles. The summed E-state index contributed by atoms with van der Waals surface area (Å²) < 4.78 is 11.9. The molecule has 12 heteroatoms. The number of methoxy groups -OCH3 is 2. The number of carbonyl (C=O) groups is 5. The van der Waals surface area contributed by atoms with E-state index in [4.69, 9.17) is 9.47 Å². The van der Waals surface area contributed by atoms with Crippen LogP contribution in [0.3, 0.4) is 0 Å². The lowest BCUT2D eigenvalue weighted by molar-refractivity contribution is -0.149. The number of carboxylic acids is 1. The highest BCUT2D eigenvalue weighted by atomic mass is 16.5. The van der Waals surface area contributed by atoms with Crippen LogP contribution in [0.15, 0.2) is 24.3 Å². The summed E-state index contributed by atoms with van der Waals surface area (Å²) in [4.78, 5) is 73.8. The van der Waals surface area contributed by atoms with Crippen LogP contribution in [-0.4, -0.2) is 127 Å². The summed E-state index contributed by atoms with van der Waals surface area (Å²) in [5.74, 6) is -3.16. The van der Waals surface area contributed by atoms with Crippen LogP contribution < -0.4 is 5.32 Å². The Balaban J connectivity index is 2.29. The second kappa shape index (κ2) is 22.6. The predicted molar refractivity (Wildman–Crippen MR) is 220 cm³/mol. The molecule has 1 aliphatic heterocycles. The summed E-state index contributed by atoms with van der Waals surface area (Å²) in [5, 5.41) is 12.7. The van der Waals surface area contributed by atoms with E-state index < -0.39 is 54.0 Å². The number of nitrogens with zero attached hydrogens (tertiary/aromatic N) is 3. The Hall–Kier alpha value is -3.35. The average molecular weight is 787 g/mol. The van der Waals surface area contributed by atoms with Crippen LogP contribution in [0.2, 0.25) is 0 Å². The molecule has 318 valence electrons. The number of carboxylic acid groups (broad SMARTS) is 1. The number of hydrogen-bond donors (Lipinski definition) is 2. The van der Waals surface area contributed by atoms with E-state index in [-0.39, 0.29) is 66.7 Å². The summed E-state index contributed by atoms with van der Waals surface area (Å²) in [6, 6.07) is 5.40.